The molecule has 0 aliphatic heterocycles. The van der Waals surface area contributed by atoms with Gasteiger partial charge in [-0.05, 0) is 66.9 Å². The quantitative estimate of drug-likeness (QED) is 0.285. The van der Waals surface area contributed by atoms with Gasteiger partial charge in [0.2, 0.25) is 0 Å². The van der Waals surface area contributed by atoms with Gasteiger partial charge in [0, 0.05) is 0 Å². The summed E-state index contributed by atoms with van der Waals surface area (Å²) in [4.78, 5) is 0. The molecule has 0 N–H and O–H groups in total. The first-order valence-corrected chi connectivity index (χ1v) is 10.6. The van der Waals surface area contributed by atoms with Crippen LogP contribution < -0.4 is 0 Å². The zero-order chi connectivity index (χ0) is 20.7. The Morgan fingerprint density at radius 3 is 1.30 bits per heavy atom. The first-order valence-electron chi connectivity index (χ1n) is 10.6. The SMILES string of the molecule is CC(C)(C)c1c(-c2ccc3ccccc3c2)cccc1-c1ccc2ccccc2c1. The van der Waals surface area contributed by atoms with Gasteiger partial charge in [-0.25, -0.2) is 0 Å². The van der Waals surface area contributed by atoms with E-state index in [1.807, 2.05) is 0 Å². The fraction of sp³-hybridized carbons (Fsp3) is 0.133. The summed E-state index contributed by atoms with van der Waals surface area (Å²) in [5.41, 5.74) is 6.61. The van der Waals surface area contributed by atoms with Crippen molar-refractivity contribution in [2.75, 3.05) is 0 Å². The molecule has 30 heavy (non-hydrogen) atoms. The molecule has 146 valence electrons. The molecular formula is C30H26. The zero-order valence-electron chi connectivity index (χ0n) is 17.8. The summed E-state index contributed by atoms with van der Waals surface area (Å²) < 4.78 is 0. The van der Waals surface area contributed by atoms with Gasteiger partial charge in [0.15, 0.2) is 0 Å². The molecule has 0 nitrogen and oxygen atoms in total. The van der Waals surface area contributed by atoms with Gasteiger partial charge < -0.3 is 0 Å². The molecule has 0 bridgehead atoms. The summed E-state index contributed by atoms with van der Waals surface area (Å²) in [6.45, 7) is 6.95. The van der Waals surface area contributed by atoms with Crippen LogP contribution in [0.15, 0.2) is 103 Å². The highest BCUT2D eigenvalue weighted by Crippen LogP contribution is 2.41. The van der Waals surface area contributed by atoms with Crippen LogP contribution in [0.2, 0.25) is 0 Å². The molecule has 0 atom stereocenters. The third-order valence-electron chi connectivity index (χ3n) is 5.94. The molecule has 0 aliphatic carbocycles. The van der Waals surface area contributed by atoms with E-state index in [4.69, 9.17) is 0 Å². The molecular weight excluding hydrogens is 360 g/mol. The van der Waals surface area contributed by atoms with Crippen molar-refractivity contribution in [3.63, 3.8) is 0 Å². The van der Waals surface area contributed by atoms with Crippen LogP contribution in [0.25, 0.3) is 43.8 Å². The van der Waals surface area contributed by atoms with Crippen molar-refractivity contribution in [3.05, 3.63) is 109 Å². The van der Waals surface area contributed by atoms with Crippen LogP contribution in [0.5, 0.6) is 0 Å². The summed E-state index contributed by atoms with van der Waals surface area (Å²) in [5.74, 6) is 0. The number of fused-ring (bicyclic) bond motifs is 2. The monoisotopic (exact) mass is 386 g/mol. The van der Waals surface area contributed by atoms with Crippen molar-refractivity contribution in [2.24, 2.45) is 0 Å². The van der Waals surface area contributed by atoms with E-state index in [0.717, 1.165) is 0 Å². The Bertz CT molecular complexity index is 1270. The molecule has 0 heteroatoms. The molecule has 5 aromatic carbocycles. The summed E-state index contributed by atoms with van der Waals surface area (Å²) >= 11 is 0. The topological polar surface area (TPSA) is 0 Å². The fourth-order valence-corrected chi connectivity index (χ4v) is 4.56. The van der Waals surface area contributed by atoms with Crippen LogP contribution in [0, 0.1) is 0 Å². The minimum Gasteiger partial charge on any atom is -0.0616 e. The molecule has 0 unspecified atom stereocenters. The van der Waals surface area contributed by atoms with Crippen LogP contribution in [0.1, 0.15) is 26.3 Å². The molecule has 0 radical (unpaired) electrons. The lowest BCUT2D eigenvalue weighted by Crippen LogP contribution is -2.14. The van der Waals surface area contributed by atoms with Gasteiger partial charge in [-0.15, -0.1) is 0 Å². The lowest BCUT2D eigenvalue weighted by atomic mass is 9.77. The van der Waals surface area contributed by atoms with E-state index in [2.05, 4.69) is 124 Å². The zero-order valence-corrected chi connectivity index (χ0v) is 17.8. The lowest BCUT2D eigenvalue weighted by molar-refractivity contribution is 0.594. The molecule has 0 aliphatic rings. The predicted octanol–water partition coefficient (Wildman–Crippen LogP) is 8.62. The van der Waals surface area contributed by atoms with Crippen LogP contribution in [-0.2, 0) is 5.41 Å². The molecule has 0 heterocycles. The number of rotatable bonds is 2. The van der Waals surface area contributed by atoms with Gasteiger partial charge >= 0.3 is 0 Å². The molecule has 0 spiro atoms. The van der Waals surface area contributed by atoms with E-state index in [1.165, 1.54) is 49.4 Å². The molecule has 0 aromatic heterocycles. The minimum absolute atomic E-state index is 0.0171. The second kappa shape index (κ2) is 7.15. The van der Waals surface area contributed by atoms with Gasteiger partial charge in [-0.1, -0.05) is 112 Å². The van der Waals surface area contributed by atoms with Crippen LogP contribution in [-0.4, -0.2) is 0 Å². The maximum absolute atomic E-state index is 2.32. The summed E-state index contributed by atoms with van der Waals surface area (Å²) in [7, 11) is 0. The number of hydrogen-bond acceptors (Lipinski definition) is 0. The summed E-state index contributed by atoms with van der Waals surface area (Å²) in [5, 5.41) is 5.13. The minimum atomic E-state index is 0.0171. The van der Waals surface area contributed by atoms with E-state index >= 15 is 0 Å². The highest BCUT2D eigenvalue weighted by molar-refractivity contribution is 5.92. The first kappa shape index (κ1) is 18.6. The van der Waals surface area contributed by atoms with Crippen LogP contribution in [0.4, 0.5) is 0 Å². The van der Waals surface area contributed by atoms with E-state index in [9.17, 15) is 0 Å². The second-order valence-corrected chi connectivity index (χ2v) is 9.10. The van der Waals surface area contributed by atoms with Crippen molar-refractivity contribution >= 4 is 21.5 Å². The Hall–Kier alpha value is -3.38. The fourth-order valence-electron chi connectivity index (χ4n) is 4.56. The van der Waals surface area contributed by atoms with Crippen molar-refractivity contribution in [2.45, 2.75) is 26.2 Å². The highest BCUT2D eigenvalue weighted by atomic mass is 14.3. The largest absolute Gasteiger partial charge is 0.0616 e. The highest BCUT2D eigenvalue weighted by Gasteiger charge is 2.23. The standard InChI is InChI=1S/C30H26/c1-30(2,3)29-27(25-17-15-21-9-4-6-11-23(21)19-25)13-8-14-28(29)26-18-16-22-10-5-7-12-24(22)20-26/h4-20H,1-3H3. The Labute approximate surface area is 178 Å². The average molecular weight is 387 g/mol. The van der Waals surface area contributed by atoms with Gasteiger partial charge in [-0.2, -0.15) is 0 Å². The van der Waals surface area contributed by atoms with E-state index in [0.29, 0.717) is 0 Å². The van der Waals surface area contributed by atoms with Crippen LogP contribution in [0.3, 0.4) is 0 Å². The maximum atomic E-state index is 2.32. The van der Waals surface area contributed by atoms with Crippen molar-refractivity contribution in [3.8, 4) is 22.3 Å². The molecule has 0 amide bonds. The van der Waals surface area contributed by atoms with Gasteiger partial charge in [0.05, 0.1) is 0 Å². The van der Waals surface area contributed by atoms with E-state index in [1.54, 1.807) is 0 Å². The molecule has 0 fully saturated rings. The molecule has 5 aromatic rings. The second-order valence-electron chi connectivity index (χ2n) is 9.10. The van der Waals surface area contributed by atoms with Gasteiger partial charge in [0.25, 0.3) is 0 Å². The Kier molecular flexibility index (Phi) is 4.44. The van der Waals surface area contributed by atoms with E-state index in [-0.39, 0.29) is 5.41 Å². The number of hydrogen-bond donors (Lipinski definition) is 0. The molecule has 0 saturated carbocycles. The smallest absolute Gasteiger partial charge is 0.0120 e. The lowest BCUT2D eigenvalue weighted by Gasteiger charge is -2.27. The van der Waals surface area contributed by atoms with Gasteiger partial charge in [-0.3, -0.25) is 0 Å². The predicted molar refractivity (Wildman–Crippen MR) is 131 cm³/mol. The third kappa shape index (κ3) is 3.29. The van der Waals surface area contributed by atoms with Crippen molar-refractivity contribution in [1.82, 2.24) is 0 Å². The molecule has 0 saturated heterocycles. The van der Waals surface area contributed by atoms with Crippen LogP contribution >= 0.6 is 0 Å². The Balaban J connectivity index is 1.76. The number of benzene rings is 5. The summed E-state index contributed by atoms with van der Waals surface area (Å²) in [6.07, 6.45) is 0. The maximum Gasteiger partial charge on any atom is -0.0120 e. The summed E-state index contributed by atoms with van der Waals surface area (Å²) in [6, 6.07) is 37.6. The molecule has 5 rings (SSSR count). The average Bonchev–Trinajstić information content (AvgIpc) is 2.77. The van der Waals surface area contributed by atoms with Gasteiger partial charge in [0.1, 0.15) is 0 Å². The Morgan fingerprint density at radius 2 is 0.867 bits per heavy atom. The normalized spacial score (nSPS) is 11.8. The first-order chi connectivity index (χ1) is 14.5. The van der Waals surface area contributed by atoms with E-state index < -0.39 is 0 Å². The Morgan fingerprint density at radius 1 is 0.433 bits per heavy atom. The third-order valence-corrected chi connectivity index (χ3v) is 5.94. The van der Waals surface area contributed by atoms with Crippen molar-refractivity contribution in [1.29, 1.82) is 0 Å². The van der Waals surface area contributed by atoms with Crippen molar-refractivity contribution < 1.29 is 0 Å².